The fourth-order valence-electron chi connectivity index (χ4n) is 0.592. The van der Waals surface area contributed by atoms with Gasteiger partial charge in [-0.2, -0.15) is 0 Å². The van der Waals surface area contributed by atoms with Gasteiger partial charge in [0.05, 0.1) is 19.3 Å². The Hall–Kier alpha value is -0.840. The molecular weight excluding hydrogens is 240 g/mol. The maximum absolute atomic E-state index is 11.1. The Balaban J connectivity index is 4.25. The van der Waals surface area contributed by atoms with Gasteiger partial charge in [0.1, 0.15) is 4.83 Å². The summed E-state index contributed by atoms with van der Waals surface area (Å²) in [6.07, 6.45) is 0. The Bertz CT molecular complexity index is 224. The molecule has 0 rings (SSSR count). The zero-order valence-corrected chi connectivity index (χ0v) is 9.09. The maximum atomic E-state index is 11.1. The van der Waals surface area contributed by atoms with E-state index in [2.05, 4.69) is 32.0 Å². The first kappa shape index (κ1) is 12.2. The highest BCUT2D eigenvalue weighted by atomic mass is 79.9. The lowest BCUT2D eigenvalue weighted by Crippen LogP contribution is -2.24. The van der Waals surface area contributed by atoms with Crippen LogP contribution in [0.5, 0.6) is 0 Å². The van der Waals surface area contributed by atoms with E-state index < -0.39 is 16.8 Å². The summed E-state index contributed by atoms with van der Waals surface area (Å²) >= 11 is 2.98. The van der Waals surface area contributed by atoms with Gasteiger partial charge in [0.2, 0.25) is 0 Å². The van der Waals surface area contributed by atoms with Crippen molar-refractivity contribution in [3.8, 4) is 0 Å². The van der Waals surface area contributed by atoms with Crippen molar-refractivity contribution in [2.75, 3.05) is 13.7 Å². The monoisotopic (exact) mass is 250 g/mol. The van der Waals surface area contributed by atoms with E-state index >= 15 is 0 Å². The topological polar surface area (TPSA) is 52.6 Å². The molecule has 0 saturated carbocycles. The minimum absolute atomic E-state index is 0.0287. The van der Waals surface area contributed by atoms with Crippen molar-refractivity contribution in [3.63, 3.8) is 0 Å². The molecular formula is C8H11BrO4. The van der Waals surface area contributed by atoms with Crippen LogP contribution in [0.15, 0.2) is 12.2 Å². The van der Waals surface area contributed by atoms with Crippen molar-refractivity contribution in [1.29, 1.82) is 0 Å². The minimum Gasteiger partial charge on any atom is -0.466 e. The fourth-order valence-corrected chi connectivity index (χ4v) is 0.911. The molecule has 0 radical (unpaired) electrons. The number of esters is 2. The van der Waals surface area contributed by atoms with Crippen molar-refractivity contribution in [2.45, 2.75) is 11.8 Å². The first-order valence-electron chi connectivity index (χ1n) is 3.62. The summed E-state index contributed by atoms with van der Waals surface area (Å²) in [7, 11) is 1.22. The third-order valence-electron chi connectivity index (χ3n) is 1.25. The summed E-state index contributed by atoms with van der Waals surface area (Å²) < 4.78 is 9.05. The number of carbonyl (C=O) groups excluding carboxylic acids is 2. The van der Waals surface area contributed by atoms with E-state index in [1.54, 1.807) is 6.92 Å². The first-order valence-corrected chi connectivity index (χ1v) is 4.54. The summed E-state index contributed by atoms with van der Waals surface area (Å²) in [4.78, 5) is 21.1. The van der Waals surface area contributed by atoms with Crippen molar-refractivity contribution in [2.24, 2.45) is 0 Å². The SMILES string of the molecule is C=C(C(=O)OC)C(Br)C(=O)OCC. The lowest BCUT2D eigenvalue weighted by atomic mass is 10.2. The van der Waals surface area contributed by atoms with Crippen LogP contribution in [0.1, 0.15) is 6.92 Å². The molecule has 1 atom stereocenters. The summed E-state index contributed by atoms with van der Waals surface area (Å²) in [6, 6.07) is 0. The predicted molar refractivity (Wildman–Crippen MR) is 50.5 cm³/mol. The Kier molecular flexibility index (Phi) is 5.37. The second-order valence-corrected chi connectivity index (χ2v) is 3.05. The molecule has 0 aromatic heterocycles. The van der Waals surface area contributed by atoms with Crippen molar-refractivity contribution >= 4 is 27.9 Å². The molecule has 74 valence electrons. The molecule has 13 heavy (non-hydrogen) atoms. The quantitative estimate of drug-likeness (QED) is 0.425. The smallest absolute Gasteiger partial charge is 0.334 e. The molecule has 0 heterocycles. The molecule has 0 bridgehead atoms. The molecule has 1 unspecified atom stereocenters. The maximum Gasteiger partial charge on any atom is 0.334 e. The first-order chi connectivity index (χ1) is 6.04. The van der Waals surface area contributed by atoms with Crippen molar-refractivity contribution in [3.05, 3.63) is 12.2 Å². The van der Waals surface area contributed by atoms with Crippen LogP contribution in [-0.2, 0) is 19.1 Å². The van der Waals surface area contributed by atoms with Gasteiger partial charge in [-0.1, -0.05) is 22.5 Å². The number of methoxy groups -OCH3 is 1. The van der Waals surface area contributed by atoms with E-state index in [-0.39, 0.29) is 12.2 Å². The molecule has 5 heteroatoms. The molecule has 0 amide bonds. The molecule has 4 nitrogen and oxygen atoms in total. The van der Waals surface area contributed by atoms with Gasteiger partial charge < -0.3 is 9.47 Å². The van der Waals surface area contributed by atoms with Crippen LogP contribution in [0.3, 0.4) is 0 Å². The average Bonchev–Trinajstić information content (AvgIpc) is 2.14. The summed E-state index contributed by atoms with van der Waals surface area (Å²) in [6.45, 7) is 5.34. The number of halogens is 1. The van der Waals surface area contributed by atoms with Gasteiger partial charge in [-0.05, 0) is 6.92 Å². The Morgan fingerprint density at radius 1 is 1.54 bits per heavy atom. The van der Waals surface area contributed by atoms with Crippen LogP contribution in [-0.4, -0.2) is 30.5 Å². The van der Waals surface area contributed by atoms with Crippen LogP contribution < -0.4 is 0 Å². The number of hydrogen-bond acceptors (Lipinski definition) is 4. The molecule has 0 spiro atoms. The highest BCUT2D eigenvalue weighted by Gasteiger charge is 2.24. The Morgan fingerprint density at radius 3 is 2.46 bits per heavy atom. The summed E-state index contributed by atoms with van der Waals surface area (Å²) in [5, 5.41) is 0. The highest BCUT2D eigenvalue weighted by molar-refractivity contribution is 9.10. The lowest BCUT2D eigenvalue weighted by Gasteiger charge is -2.09. The number of hydrogen-bond donors (Lipinski definition) is 0. The zero-order chi connectivity index (χ0) is 10.4. The second-order valence-electron chi connectivity index (χ2n) is 2.13. The van der Waals surface area contributed by atoms with Crippen molar-refractivity contribution < 1.29 is 19.1 Å². The molecule has 0 saturated heterocycles. The van der Waals surface area contributed by atoms with Gasteiger partial charge in [-0.3, -0.25) is 4.79 Å². The standard InChI is InChI=1S/C8H11BrO4/c1-4-13-8(11)6(9)5(2)7(10)12-3/h6H,2,4H2,1,3H3. The third kappa shape index (κ3) is 3.59. The second kappa shape index (κ2) is 5.75. The van der Waals surface area contributed by atoms with Gasteiger partial charge >= 0.3 is 11.9 Å². The molecule has 0 aromatic carbocycles. The zero-order valence-electron chi connectivity index (χ0n) is 7.50. The highest BCUT2D eigenvalue weighted by Crippen LogP contribution is 2.13. The van der Waals surface area contributed by atoms with Gasteiger partial charge in [-0.15, -0.1) is 0 Å². The molecule has 0 aromatic rings. The number of carbonyl (C=O) groups is 2. The Labute approximate surface area is 85.0 Å². The minimum atomic E-state index is -0.833. The largest absolute Gasteiger partial charge is 0.466 e. The fraction of sp³-hybridized carbons (Fsp3) is 0.500. The van der Waals surface area contributed by atoms with Gasteiger partial charge in [0, 0.05) is 0 Å². The average molecular weight is 251 g/mol. The summed E-state index contributed by atoms with van der Waals surface area (Å²) in [5.74, 6) is -1.17. The van der Waals surface area contributed by atoms with Gasteiger partial charge in [0.15, 0.2) is 0 Å². The number of ether oxygens (including phenoxy) is 2. The van der Waals surface area contributed by atoms with E-state index in [9.17, 15) is 9.59 Å². The number of rotatable bonds is 4. The van der Waals surface area contributed by atoms with Crippen LogP contribution in [0.4, 0.5) is 0 Å². The third-order valence-corrected chi connectivity index (χ3v) is 2.17. The lowest BCUT2D eigenvalue weighted by molar-refractivity contribution is -0.144. The molecule has 0 aliphatic carbocycles. The van der Waals surface area contributed by atoms with E-state index in [1.165, 1.54) is 7.11 Å². The Morgan fingerprint density at radius 2 is 2.08 bits per heavy atom. The molecule has 0 aliphatic rings. The van der Waals surface area contributed by atoms with Crippen LogP contribution in [0.2, 0.25) is 0 Å². The van der Waals surface area contributed by atoms with E-state index in [0.29, 0.717) is 0 Å². The van der Waals surface area contributed by atoms with E-state index in [0.717, 1.165) is 0 Å². The molecule has 0 fully saturated rings. The normalized spacial score (nSPS) is 11.6. The van der Waals surface area contributed by atoms with Crippen LogP contribution in [0, 0.1) is 0 Å². The predicted octanol–water partition coefficient (Wildman–Crippen LogP) is 1.04. The van der Waals surface area contributed by atoms with Gasteiger partial charge in [-0.25, -0.2) is 4.79 Å². The molecule has 0 aliphatic heterocycles. The number of alkyl halides is 1. The van der Waals surface area contributed by atoms with Crippen molar-refractivity contribution in [1.82, 2.24) is 0 Å². The van der Waals surface area contributed by atoms with E-state index in [1.807, 2.05) is 0 Å². The van der Waals surface area contributed by atoms with E-state index in [4.69, 9.17) is 0 Å². The van der Waals surface area contributed by atoms with Crippen LogP contribution in [0.25, 0.3) is 0 Å². The summed E-state index contributed by atoms with van der Waals surface area (Å²) in [5.41, 5.74) is 0.0287. The molecule has 0 N–H and O–H groups in total. The van der Waals surface area contributed by atoms with Gasteiger partial charge in [0.25, 0.3) is 0 Å². The van der Waals surface area contributed by atoms with Crippen LogP contribution >= 0.6 is 15.9 Å².